The molecule has 2 nitrogen and oxygen atoms in total. The average Bonchev–Trinajstić information content (AvgIpc) is 2.30. The molecule has 0 bridgehead atoms. The van der Waals surface area contributed by atoms with Gasteiger partial charge in [-0.1, -0.05) is 19.4 Å². The quantitative estimate of drug-likeness (QED) is 0.831. The van der Waals surface area contributed by atoms with Crippen molar-refractivity contribution in [3.05, 3.63) is 35.4 Å². The third-order valence-electron chi connectivity index (χ3n) is 2.74. The van der Waals surface area contributed by atoms with Crippen LogP contribution in [0.5, 0.6) is 0 Å². The molecule has 0 heterocycles. The van der Waals surface area contributed by atoms with Gasteiger partial charge in [0.05, 0.1) is 0 Å². The fourth-order valence-electron chi connectivity index (χ4n) is 1.75. The van der Waals surface area contributed by atoms with Gasteiger partial charge >= 0.3 is 0 Å². The molecule has 0 spiro atoms. The van der Waals surface area contributed by atoms with Gasteiger partial charge < -0.3 is 5.73 Å². The number of carbonyl (C=O) groups excluding carboxylic acids is 1. The van der Waals surface area contributed by atoms with E-state index in [1.165, 1.54) is 6.07 Å². The van der Waals surface area contributed by atoms with Crippen LogP contribution in [0.1, 0.15) is 25.3 Å². The third kappa shape index (κ3) is 3.89. The summed E-state index contributed by atoms with van der Waals surface area (Å²) < 4.78 is 25.7. The number of halogens is 2. The van der Waals surface area contributed by atoms with Gasteiger partial charge in [0.2, 0.25) is 0 Å². The molecule has 1 unspecified atom stereocenters. The molecule has 1 aromatic carbocycles. The first-order valence-electron chi connectivity index (χ1n) is 5.75. The number of hydrogen-bond donors (Lipinski definition) is 1. The molecule has 94 valence electrons. The Morgan fingerprint density at radius 1 is 1.35 bits per heavy atom. The van der Waals surface area contributed by atoms with Crippen LogP contribution in [0.4, 0.5) is 8.78 Å². The van der Waals surface area contributed by atoms with Crippen LogP contribution in [0.15, 0.2) is 18.2 Å². The fraction of sp³-hybridized carbons (Fsp3) is 0.462. The zero-order valence-corrected chi connectivity index (χ0v) is 9.88. The van der Waals surface area contributed by atoms with Crippen molar-refractivity contribution in [2.45, 2.75) is 26.2 Å². The Kier molecular flexibility index (Phi) is 5.22. The predicted molar refractivity (Wildman–Crippen MR) is 62.5 cm³/mol. The molecule has 2 N–H and O–H groups in total. The SMILES string of the molecule is CCCC(CN)C(=O)Cc1ccc(F)c(F)c1. The van der Waals surface area contributed by atoms with E-state index in [1.807, 2.05) is 6.92 Å². The fourth-order valence-corrected chi connectivity index (χ4v) is 1.75. The zero-order valence-electron chi connectivity index (χ0n) is 9.88. The van der Waals surface area contributed by atoms with Crippen molar-refractivity contribution >= 4 is 5.78 Å². The summed E-state index contributed by atoms with van der Waals surface area (Å²) in [6, 6.07) is 3.53. The summed E-state index contributed by atoms with van der Waals surface area (Å²) in [4.78, 5) is 11.8. The van der Waals surface area contributed by atoms with E-state index in [4.69, 9.17) is 5.73 Å². The standard InChI is InChI=1S/C13H17F2NO/c1-2-3-10(8-16)13(17)7-9-4-5-11(14)12(15)6-9/h4-6,10H,2-3,7-8,16H2,1H3. The molecule has 0 aliphatic carbocycles. The Bertz CT molecular complexity index is 393. The highest BCUT2D eigenvalue weighted by atomic mass is 19.2. The highest BCUT2D eigenvalue weighted by Crippen LogP contribution is 2.13. The van der Waals surface area contributed by atoms with Gasteiger partial charge in [0.1, 0.15) is 5.78 Å². The molecule has 0 radical (unpaired) electrons. The van der Waals surface area contributed by atoms with E-state index in [1.54, 1.807) is 0 Å². The van der Waals surface area contributed by atoms with Crippen LogP contribution in [0, 0.1) is 17.6 Å². The van der Waals surface area contributed by atoms with Crippen LogP contribution >= 0.6 is 0 Å². The molecule has 4 heteroatoms. The lowest BCUT2D eigenvalue weighted by Gasteiger charge is -2.12. The molecule has 17 heavy (non-hydrogen) atoms. The van der Waals surface area contributed by atoms with E-state index in [9.17, 15) is 13.6 Å². The highest BCUT2D eigenvalue weighted by Gasteiger charge is 2.16. The minimum atomic E-state index is -0.921. The Morgan fingerprint density at radius 3 is 2.59 bits per heavy atom. The van der Waals surface area contributed by atoms with Gasteiger partial charge in [0.25, 0.3) is 0 Å². The first-order valence-corrected chi connectivity index (χ1v) is 5.75. The van der Waals surface area contributed by atoms with Crippen molar-refractivity contribution in [3.8, 4) is 0 Å². The van der Waals surface area contributed by atoms with Gasteiger partial charge in [-0.2, -0.15) is 0 Å². The Balaban J connectivity index is 2.69. The Hall–Kier alpha value is -1.29. The summed E-state index contributed by atoms with van der Waals surface area (Å²) in [5.41, 5.74) is 6.00. The maximum absolute atomic E-state index is 12.9. The first kappa shape index (κ1) is 13.8. The van der Waals surface area contributed by atoms with Crippen molar-refractivity contribution in [1.82, 2.24) is 0 Å². The van der Waals surface area contributed by atoms with E-state index >= 15 is 0 Å². The van der Waals surface area contributed by atoms with E-state index in [0.717, 1.165) is 25.0 Å². The second-order valence-electron chi connectivity index (χ2n) is 4.11. The van der Waals surface area contributed by atoms with Crippen molar-refractivity contribution in [1.29, 1.82) is 0 Å². The molecule has 0 aliphatic rings. The average molecular weight is 241 g/mol. The summed E-state index contributed by atoms with van der Waals surface area (Å²) in [6.07, 6.45) is 1.73. The number of carbonyl (C=O) groups is 1. The number of ketones is 1. The zero-order chi connectivity index (χ0) is 12.8. The Morgan fingerprint density at radius 2 is 2.06 bits per heavy atom. The molecular weight excluding hydrogens is 224 g/mol. The van der Waals surface area contributed by atoms with E-state index < -0.39 is 11.6 Å². The molecule has 0 saturated carbocycles. The van der Waals surface area contributed by atoms with E-state index in [2.05, 4.69) is 0 Å². The van der Waals surface area contributed by atoms with Gasteiger partial charge in [0, 0.05) is 18.9 Å². The normalized spacial score (nSPS) is 12.5. The van der Waals surface area contributed by atoms with Crippen molar-refractivity contribution in [2.24, 2.45) is 11.7 Å². The molecule has 0 aromatic heterocycles. The predicted octanol–water partition coefficient (Wildman–Crippen LogP) is 2.45. The summed E-state index contributed by atoms with van der Waals surface area (Å²) in [6.45, 7) is 2.28. The van der Waals surface area contributed by atoms with Gasteiger partial charge in [-0.05, 0) is 24.1 Å². The summed E-state index contributed by atoms with van der Waals surface area (Å²) in [5.74, 6) is -2.02. The van der Waals surface area contributed by atoms with E-state index in [-0.39, 0.29) is 18.1 Å². The molecule has 0 amide bonds. The van der Waals surface area contributed by atoms with Crippen LogP contribution in [0.2, 0.25) is 0 Å². The van der Waals surface area contributed by atoms with Crippen molar-refractivity contribution in [3.63, 3.8) is 0 Å². The van der Waals surface area contributed by atoms with Crippen LogP contribution in [0.3, 0.4) is 0 Å². The maximum atomic E-state index is 12.9. The van der Waals surface area contributed by atoms with Gasteiger partial charge in [0.15, 0.2) is 11.6 Å². The molecule has 0 saturated heterocycles. The van der Waals surface area contributed by atoms with Crippen LogP contribution in [-0.4, -0.2) is 12.3 Å². The second kappa shape index (κ2) is 6.45. The molecule has 0 aliphatic heterocycles. The lowest BCUT2D eigenvalue weighted by Crippen LogP contribution is -2.25. The van der Waals surface area contributed by atoms with Gasteiger partial charge in [-0.25, -0.2) is 8.78 Å². The third-order valence-corrected chi connectivity index (χ3v) is 2.74. The minimum absolute atomic E-state index is 0.0136. The maximum Gasteiger partial charge on any atom is 0.159 e. The molecule has 0 fully saturated rings. The lowest BCUT2D eigenvalue weighted by molar-refractivity contribution is -0.122. The smallest absolute Gasteiger partial charge is 0.159 e. The minimum Gasteiger partial charge on any atom is -0.330 e. The van der Waals surface area contributed by atoms with Crippen molar-refractivity contribution < 1.29 is 13.6 Å². The first-order chi connectivity index (χ1) is 8.08. The van der Waals surface area contributed by atoms with Crippen LogP contribution < -0.4 is 5.73 Å². The number of nitrogens with two attached hydrogens (primary N) is 1. The number of rotatable bonds is 6. The summed E-state index contributed by atoms with van der Waals surface area (Å²) >= 11 is 0. The molecule has 1 rings (SSSR count). The van der Waals surface area contributed by atoms with Crippen molar-refractivity contribution in [2.75, 3.05) is 6.54 Å². The Labute approximate surface area is 99.8 Å². The number of benzene rings is 1. The number of Topliss-reactive ketones (excluding diaryl/α,β-unsaturated/α-hetero) is 1. The summed E-state index contributed by atoms with van der Waals surface area (Å²) in [7, 11) is 0. The van der Waals surface area contributed by atoms with E-state index in [0.29, 0.717) is 12.1 Å². The monoisotopic (exact) mass is 241 g/mol. The highest BCUT2D eigenvalue weighted by molar-refractivity contribution is 5.83. The number of hydrogen-bond acceptors (Lipinski definition) is 2. The van der Waals surface area contributed by atoms with Crippen LogP contribution in [0.25, 0.3) is 0 Å². The lowest BCUT2D eigenvalue weighted by atomic mass is 9.94. The van der Waals surface area contributed by atoms with Gasteiger partial charge in [-0.3, -0.25) is 4.79 Å². The largest absolute Gasteiger partial charge is 0.330 e. The molecule has 1 atom stereocenters. The second-order valence-corrected chi connectivity index (χ2v) is 4.11. The molecule has 1 aromatic rings. The van der Waals surface area contributed by atoms with Gasteiger partial charge in [-0.15, -0.1) is 0 Å². The topological polar surface area (TPSA) is 43.1 Å². The molecular formula is C13H17F2NO. The summed E-state index contributed by atoms with van der Waals surface area (Å²) in [5, 5.41) is 0. The van der Waals surface area contributed by atoms with Crippen LogP contribution in [-0.2, 0) is 11.2 Å².